The van der Waals surface area contributed by atoms with Crippen LogP contribution in [0, 0.1) is 0 Å². The quantitative estimate of drug-likeness (QED) is 0.874. The van der Waals surface area contributed by atoms with Crippen LogP contribution < -0.4 is 5.73 Å². The van der Waals surface area contributed by atoms with Gasteiger partial charge in [0.15, 0.2) is 17.2 Å². The summed E-state index contributed by atoms with van der Waals surface area (Å²) in [5.41, 5.74) is 7.50. The molecule has 0 spiro atoms. The summed E-state index contributed by atoms with van der Waals surface area (Å²) in [6.07, 6.45) is 6.75. The first-order chi connectivity index (χ1) is 9.70. The molecule has 3 rings (SSSR count). The highest BCUT2D eigenvalue weighted by molar-refractivity contribution is 5.97. The average molecular weight is 273 g/mol. The lowest BCUT2D eigenvalue weighted by Gasteiger charge is -2.02. The Morgan fingerprint density at radius 3 is 3.00 bits per heavy atom. The summed E-state index contributed by atoms with van der Waals surface area (Å²) in [6, 6.07) is 0. The Balaban J connectivity index is 2.13. The van der Waals surface area contributed by atoms with Crippen molar-refractivity contribution in [2.45, 2.75) is 6.42 Å². The highest BCUT2D eigenvalue weighted by atomic mass is 19.1. The SMILES string of the molecule is COC1=CCC=C(c2n[nH]c3ncnc(N)c23)C=C1F. The van der Waals surface area contributed by atoms with Crippen LogP contribution in [0.3, 0.4) is 0 Å². The topological polar surface area (TPSA) is 89.7 Å². The zero-order valence-electron chi connectivity index (χ0n) is 10.7. The second-order valence-electron chi connectivity index (χ2n) is 4.21. The molecule has 6 nitrogen and oxygen atoms in total. The van der Waals surface area contributed by atoms with Gasteiger partial charge < -0.3 is 10.5 Å². The van der Waals surface area contributed by atoms with Crippen molar-refractivity contribution in [3.8, 4) is 0 Å². The Kier molecular flexibility index (Phi) is 2.94. The number of nitrogen functional groups attached to an aromatic ring is 1. The van der Waals surface area contributed by atoms with Crippen LogP contribution in [0.2, 0.25) is 0 Å². The van der Waals surface area contributed by atoms with E-state index in [-0.39, 0.29) is 5.76 Å². The molecule has 0 amide bonds. The lowest BCUT2D eigenvalue weighted by molar-refractivity contribution is 0.282. The van der Waals surface area contributed by atoms with Gasteiger partial charge in [-0.05, 0) is 18.6 Å². The van der Waals surface area contributed by atoms with E-state index in [0.717, 1.165) is 0 Å². The van der Waals surface area contributed by atoms with Crippen molar-refractivity contribution in [3.05, 3.63) is 41.8 Å². The minimum absolute atomic E-state index is 0.209. The van der Waals surface area contributed by atoms with E-state index in [2.05, 4.69) is 20.2 Å². The molecule has 0 unspecified atom stereocenters. The molecule has 1 aliphatic carbocycles. The molecule has 7 heteroatoms. The summed E-state index contributed by atoms with van der Waals surface area (Å²) >= 11 is 0. The smallest absolute Gasteiger partial charge is 0.165 e. The van der Waals surface area contributed by atoms with E-state index in [1.807, 2.05) is 6.08 Å². The number of aromatic amines is 1. The minimum Gasteiger partial charge on any atom is -0.494 e. The van der Waals surface area contributed by atoms with Gasteiger partial charge >= 0.3 is 0 Å². The molecule has 0 aromatic carbocycles. The lowest BCUT2D eigenvalue weighted by atomic mass is 10.1. The number of rotatable bonds is 2. The van der Waals surface area contributed by atoms with Gasteiger partial charge in [0.2, 0.25) is 0 Å². The molecule has 2 heterocycles. The van der Waals surface area contributed by atoms with Crippen molar-refractivity contribution in [1.29, 1.82) is 0 Å². The molecule has 0 saturated carbocycles. The van der Waals surface area contributed by atoms with Gasteiger partial charge in [0.25, 0.3) is 0 Å². The molecule has 0 aliphatic heterocycles. The minimum atomic E-state index is -0.456. The van der Waals surface area contributed by atoms with Crippen LogP contribution in [0.25, 0.3) is 16.6 Å². The van der Waals surface area contributed by atoms with Gasteiger partial charge in [-0.25, -0.2) is 14.4 Å². The normalized spacial score (nSPS) is 15.4. The van der Waals surface area contributed by atoms with E-state index in [9.17, 15) is 4.39 Å². The fraction of sp³-hybridized carbons (Fsp3) is 0.154. The molecule has 102 valence electrons. The van der Waals surface area contributed by atoms with Crippen LogP contribution in [0.1, 0.15) is 12.1 Å². The van der Waals surface area contributed by atoms with E-state index >= 15 is 0 Å². The highest BCUT2D eigenvalue weighted by Gasteiger charge is 2.16. The fourth-order valence-corrected chi connectivity index (χ4v) is 2.09. The van der Waals surface area contributed by atoms with Crippen molar-refractivity contribution in [2.24, 2.45) is 0 Å². The number of fused-ring (bicyclic) bond motifs is 1. The van der Waals surface area contributed by atoms with E-state index in [0.29, 0.717) is 34.5 Å². The van der Waals surface area contributed by atoms with E-state index in [1.54, 1.807) is 6.08 Å². The molecule has 0 radical (unpaired) electrons. The van der Waals surface area contributed by atoms with Gasteiger partial charge in [-0.3, -0.25) is 5.10 Å². The molecule has 0 fully saturated rings. The van der Waals surface area contributed by atoms with Crippen molar-refractivity contribution in [2.75, 3.05) is 12.8 Å². The molecule has 2 aromatic heterocycles. The van der Waals surface area contributed by atoms with E-state index in [4.69, 9.17) is 10.5 Å². The van der Waals surface area contributed by atoms with Gasteiger partial charge in [-0.2, -0.15) is 5.10 Å². The summed E-state index contributed by atoms with van der Waals surface area (Å²) in [5, 5.41) is 7.51. The summed E-state index contributed by atoms with van der Waals surface area (Å²) < 4.78 is 18.9. The van der Waals surface area contributed by atoms with Gasteiger partial charge in [-0.1, -0.05) is 6.08 Å². The monoisotopic (exact) mass is 273 g/mol. The number of ether oxygens (including phenoxy) is 1. The predicted octanol–water partition coefficient (Wildman–Crippen LogP) is 2.11. The van der Waals surface area contributed by atoms with Crippen LogP contribution in [0.5, 0.6) is 0 Å². The molecule has 20 heavy (non-hydrogen) atoms. The van der Waals surface area contributed by atoms with Crippen LogP contribution in [0.4, 0.5) is 10.2 Å². The first-order valence-corrected chi connectivity index (χ1v) is 5.97. The summed E-state index contributed by atoms with van der Waals surface area (Å²) in [7, 11) is 1.43. The van der Waals surface area contributed by atoms with Gasteiger partial charge in [0.1, 0.15) is 17.8 Å². The molecule has 0 saturated heterocycles. The first-order valence-electron chi connectivity index (χ1n) is 5.97. The number of allylic oxidation sites excluding steroid dienone is 5. The van der Waals surface area contributed by atoms with Crippen LogP contribution in [-0.2, 0) is 4.74 Å². The number of nitrogens with one attached hydrogen (secondary N) is 1. The number of aromatic nitrogens is 4. The molecule has 3 N–H and O–H groups in total. The molecule has 2 aromatic rings. The largest absolute Gasteiger partial charge is 0.494 e. The van der Waals surface area contributed by atoms with E-state index < -0.39 is 5.83 Å². The molecule has 0 bridgehead atoms. The number of hydrogen-bond donors (Lipinski definition) is 2. The summed E-state index contributed by atoms with van der Waals surface area (Å²) in [6.45, 7) is 0. The van der Waals surface area contributed by atoms with Crippen molar-refractivity contribution >= 4 is 22.4 Å². The maximum atomic E-state index is 14.0. The Labute approximate surface area is 113 Å². The molecule has 1 aliphatic rings. The standard InChI is InChI=1S/C13H12FN5O/c1-20-9-4-2-3-7(5-8(9)14)11-10-12(15)16-6-17-13(10)19-18-11/h3-6H,2H2,1H3,(H3,15,16,17,18,19). The average Bonchev–Trinajstić information content (AvgIpc) is 2.78. The first kappa shape index (κ1) is 12.3. The summed E-state index contributed by atoms with van der Waals surface area (Å²) in [4.78, 5) is 7.98. The number of hydrogen-bond acceptors (Lipinski definition) is 5. The van der Waals surface area contributed by atoms with Crippen molar-refractivity contribution < 1.29 is 9.13 Å². The Morgan fingerprint density at radius 2 is 2.20 bits per heavy atom. The second kappa shape index (κ2) is 4.76. The van der Waals surface area contributed by atoms with Crippen molar-refractivity contribution in [3.63, 3.8) is 0 Å². The number of nitrogens with two attached hydrogens (primary N) is 1. The lowest BCUT2D eigenvalue weighted by Crippen LogP contribution is -1.94. The molecular weight excluding hydrogens is 261 g/mol. The van der Waals surface area contributed by atoms with Crippen LogP contribution in [-0.4, -0.2) is 27.3 Å². The Morgan fingerprint density at radius 1 is 1.35 bits per heavy atom. The third-order valence-electron chi connectivity index (χ3n) is 3.04. The maximum absolute atomic E-state index is 14.0. The third kappa shape index (κ3) is 1.93. The van der Waals surface area contributed by atoms with Gasteiger partial charge in [-0.15, -0.1) is 0 Å². The maximum Gasteiger partial charge on any atom is 0.165 e. The predicted molar refractivity (Wildman–Crippen MR) is 73.0 cm³/mol. The fourth-order valence-electron chi connectivity index (χ4n) is 2.09. The summed E-state index contributed by atoms with van der Waals surface area (Å²) in [5.74, 6) is 0.0563. The number of nitrogens with zero attached hydrogens (tertiary/aromatic N) is 3. The number of methoxy groups -OCH3 is 1. The van der Waals surface area contributed by atoms with Crippen molar-refractivity contribution in [1.82, 2.24) is 20.2 Å². The van der Waals surface area contributed by atoms with E-state index in [1.165, 1.54) is 19.5 Å². The number of anilines is 1. The van der Waals surface area contributed by atoms with Gasteiger partial charge in [0, 0.05) is 5.57 Å². The number of halogens is 1. The molecular formula is C13H12FN5O. The van der Waals surface area contributed by atoms with Crippen LogP contribution >= 0.6 is 0 Å². The third-order valence-corrected chi connectivity index (χ3v) is 3.04. The second-order valence-corrected chi connectivity index (χ2v) is 4.21. The zero-order valence-corrected chi connectivity index (χ0v) is 10.7. The highest BCUT2D eigenvalue weighted by Crippen LogP contribution is 2.30. The van der Waals surface area contributed by atoms with Gasteiger partial charge in [0.05, 0.1) is 12.5 Å². The Bertz CT molecular complexity index is 759. The van der Waals surface area contributed by atoms with Crippen LogP contribution in [0.15, 0.2) is 36.1 Å². The Hall–Kier alpha value is -2.70. The number of H-pyrrole nitrogens is 1. The molecule has 0 atom stereocenters. The zero-order chi connectivity index (χ0) is 14.1.